The Bertz CT molecular complexity index is 676. The van der Waals surface area contributed by atoms with Gasteiger partial charge in [-0.25, -0.2) is 9.97 Å². The highest BCUT2D eigenvalue weighted by Crippen LogP contribution is 2.27. The summed E-state index contributed by atoms with van der Waals surface area (Å²) in [7, 11) is 0. The van der Waals surface area contributed by atoms with E-state index in [1.807, 2.05) is 13.8 Å². The maximum atomic E-state index is 12.0. The van der Waals surface area contributed by atoms with Crippen LogP contribution in [0.15, 0.2) is 30.6 Å². The Morgan fingerprint density at radius 1 is 1.23 bits per heavy atom. The highest BCUT2D eigenvalue weighted by Gasteiger charge is 2.10. The zero-order valence-electron chi connectivity index (χ0n) is 12.2. The summed E-state index contributed by atoms with van der Waals surface area (Å²) in [5.74, 6) is 0.617. The van der Waals surface area contributed by atoms with Gasteiger partial charge in [-0.1, -0.05) is 37.0 Å². The maximum absolute atomic E-state index is 12.0. The number of aromatic nitrogens is 2. The third-order valence-corrected chi connectivity index (χ3v) is 3.31. The highest BCUT2D eigenvalue weighted by atomic mass is 35.5. The van der Waals surface area contributed by atoms with Crippen LogP contribution in [0, 0.1) is 5.92 Å². The van der Waals surface area contributed by atoms with Crippen LogP contribution in [0.2, 0.25) is 10.0 Å². The number of amides is 1. The second-order valence-electron chi connectivity index (χ2n) is 5.14. The Morgan fingerprint density at radius 3 is 2.68 bits per heavy atom. The lowest BCUT2D eigenvalue weighted by atomic mass is 10.2. The SMILES string of the molecule is CC(C)CNC(=O)c1cc(Nc2ccc(Cl)cc2Cl)ncn1. The Labute approximate surface area is 139 Å². The van der Waals surface area contributed by atoms with Crippen molar-refractivity contribution in [1.82, 2.24) is 15.3 Å². The van der Waals surface area contributed by atoms with Crippen molar-refractivity contribution in [3.63, 3.8) is 0 Å². The van der Waals surface area contributed by atoms with Crippen LogP contribution in [0.5, 0.6) is 0 Å². The molecule has 0 atom stereocenters. The van der Waals surface area contributed by atoms with Gasteiger partial charge in [0.05, 0.1) is 10.7 Å². The fourth-order valence-electron chi connectivity index (χ4n) is 1.67. The quantitative estimate of drug-likeness (QED) is 0.867. The molecular formula is C15H16Cl2N4O. The molecule has 1 amide bonds. The van der Waals surface area contributed by atoms with Gasteiger partial charge in [0.25, 0.3) is 5.91 Å². The van der Waals surface area contributed by atoms with Crippen LogP contribution in [0.3, 0.4) is 0 Å². The van der Waals surface area contributed by atoms with Gasteiger partial charge in [0.15, 0.2) is 0 Å². The molecule has 0 spiro atoms. The molecule has 2 N–H and O–H groups in total. The van der Waals surface area contributed by atoms with Gasteiger partial charge >= 0.3 is 0 Å². The van der Waals surface area contributed by atoms with Gasteiger partial charge in [-0.3, -0.25) is 4.79 Å². The van der Waals surface area contributed by atoms with Crippen molar-refractivity contribution in [2.75, 3.05) is 11.9 Å². The average molecular weight is 339 g/mol. The van der Waals surface area contributed by atoms with E-state index < -0.39 is 0 Å². The Morgan fingerprint density at radius 2 is 2.00 bits per heavy atom. The molecule has 0 fully saturated rings. The Hall–Kier alpha value is -1.85. The first-order valence-electron chi connectivity index (χ1n) is 6.78. The van der Waals surface area contributed by atoms with Crippen LogP contribution < -0.4 is 10.6 Å². The normalized spacial score (nSPS) is 10.6. The van der Waals surface area contributed by atoms with E-state index in [1.54, 1.807) is 24.3 Å². The Kier molecular flexibility index (Phi) is 5.57. The van der Waals surface area contributed by atoms with E-state index in [4.69, 9.17) is 23.2 Å². The molecule has 1 aromatic carbocycles. The smallest absolute Gasteiger partial charge is 0.270 e. The molecule has 2 aromatic rings. The molecule has 0 aliphatic rings. The highest BCUT2D eigenvalue weighted by molar-refractivity contribution is 6.36. The second-order valence-corrected chi connectivity index (χ2v) is 5.99. The number of benzene rings is 1. The molecule has 0 bridgehead atoms. The van der Waals surface area contributed by atoms with Crippen LogP contribution in [-0.2, 0) is 0 Å². The number of hydrogen-bond acceptors (Lipinski definition) is 4. The van der Waals surface area contributed by atoms with Crippen molar-refractivity contribution in [1.29, 1.82) is 0 Å². The van der Waals surface area contributed by atoms with E-state index in [2.05, 4.69) is 20.6 Å². The first-order chi connectivity index (χ1) is 10.5. The van der Waals surface area contributed by atoms with E-state index in [-0.39, 0.29) is 5.91 Å². The molecule has 0 aliphatic carbocycles. The summed E-state index contributed by atoms with van der Waals surface area (Å²) in [5, 5.41) is 6.86. The number of nitrogens with zero attached hydrogens (tertiary/aromatic N) is 2. The van der Waals surface area contributed by atoms with E-state index in [1.165, 1.54) is 6.33 Å². The zero-order valence-corrected chi connectivity index (χ0v) is 13.7. The number of rotatable bonds is 5. The summed E-state index contributed by atoms with van der Waals surface area (Å²) in [6, 6.07) is 6.65. The predicted molar refractivity (Wildman–Crippen MR) is 88.9 cm³/mol. The van der Waals surface area contributed by atoms with Gasteiger partial charge in [0.2, 0.25) is 0 Å². The Balaban J connectivity index is 2.12. The molecule has 0 unspecified atom stereocenters. The third-order valence-electron chi connectivity index (χ3n) is 2.76. The second kappa shape index (κ2) is 7.42. The molecule has 5 nitrogen and oxygen atoms in total. The number of carbonyl (C=O) groups is 1. The van der Waals surface area contributed by atoms with E-state index in [0.29, 0.717) is 39.7 Å². The van der Waals surface area contributed by atoms with Crippen LogP contribution in [0.4, 0.5) is 11.5 Å². The number of hydrogen-bond donors (Lipinski definition) is 2. The molecule has 0 saturated carbocycles. The molecular weight excluding hydrogens is 323 g/mol. The summed E-state index contributed by atoms with van der Waals surface area (Å²) in [6.07, 6.45) is 1.33. The van der Waals surface area contributed by atoms with Crippen molar-refractivity contribution in [2.24, 2.45) is 5.92 Å². The van der Waals surface area contributed by atoms with E-state index in [9.17, 15) is 4.79 Å². The minimum Gasteiger partial charge on any atom is -0.350 e. The van der Waals surface area contributed by atoms with Crippen molar-refractivity contribution < 1.29 is 4.79 Å². The minimum atomic E-state index is -0.235. The van der Waals surface area contributed by atoms with Crippen LogP contribution in [-0.4, -0.2) is 22.4 Å². The minimum absolute atomic E-state index is 0.235. The van der Waals surface area contributed by atoms with Crippen molar-refractivity contribution in [3.05, 3.63) is 46.3 Å². The molecule has 0 saturated heterocycles. The van der Waals surface area contributed by atoms with Gasteiger partial charge in [-0.15, -0.1) is 0 Å². The standard InChI is InChI=1S/C15H16Cl2N4O/c1-9(2)7-18-15(22)13-6-14(20-8-19-13)21-12-4-3-10(16)5-11(12)17/h3-6,8-9H,7H2,1-2H3,(H,18,22)(H,19,20,21). The van der Waals surface area contributed by atoms with Crippen LogP contribution in [0.25, 0.3) is 0 Å². The number of halogens is 2. The van der Waals surface area contributed by atoms with Crippen molar-refractivity contribution in [2.45, 2.75) is 13.8 Å². The lowest BCUT2D eigenvalue weighted by molar-refractivity contribution is 0.0944. The van der Waals surface area contributed by atoms with Gasteiger partial charge in [-0.05, 0) is 24.1 Å². The number of anilines is 2. The van der Waals surface area contributed by atoms with E-state index >= 15 is 0 Å². The van der Waals surface area contributed by atoms with Gasteiger partial charge in [0.1, 0.15) is 17.8 Å². The average Bonchev–Trinajstić information content (AvgIpc) is 2.48. The number of carbonyl (C=O) groups excluding carboxylic acids is 1. The fourth-order valence-corrected chi connectivity index (χ4v) is 2.12. The zero-order chi connectivity index (χ0) is 16.1. The summed E-state index contributed by atoms with van der Waals surface area (Å²) < 4.78 is 0. The fraction of sp³-hybridized carbons (Fsp3) is 0.267. The lowest BCUT2D eigenvalue weighted by Crippen LogP contribution is -2.28. The first-order valence-corrected chi connectivity index (χ1v) is 7.53. The van der Waals surface area contributed by atoms with Crippen molar-refractivity contribution in [3.8, 4) is 0 Å². The van der Waals surface area contributed by atoms with E-state index in [0.717, 1.165) is 0 Å². The van der Waals surface area contributed by atoms with Gasteiger partial charge in [-0.2, -0.15) is 0 Å². The van der Waals surface area contributed by atoms with Crippen molar-refractivity contribution >= 4 is 40.6 Å². The van der Waals surface area contributed by atoms with Crippen LogP contribution in [0.1, 0.15) is 24.3 Å². The van der Waals surface area contributed by atoms with Gasteiger partial charge < -0.3 is 10.6 Å². The molecule has 1 aromatic heterocycles. The first kappa shape index (κ1) is 16.5. The molecule has 22 heavy (non-hydrogen) atoms. The maximum Gasteiger partial charge on any atom is 0.270 e. The molecule has 7 heteroatoms. The molecule has 2 rings (SSSR count). The monoisotopic (exact) mass is 338 g/mol. The molecule has 0 radical (unpaired) electrons. The largest absolute Gasteiger partial charge is 0.350 e. The number of nitrogens with one attached hydrogen (secondary N) is 2. The topological polar surface area (TPSA) is 66.9 Å². The molecule has 0 aliphatic heterocycles. The van der Waals surface area contributed by atoms with Crippen LogP contribution >= 0.6 is 23.2 Å². The summed E-state index contributed by atoms with van der Waals surface area (Å²) >= 11 is 12.0. The molecule has 1 heterocycles. The predicted octanol–water partition coefficient (Wildman–Crippen LogP) is 3.91. The lowest BCUT2D eigenvalue weighted by Gasteiger charge is -2.10. The van der Waals surface area contributed by atoms with Gasteiger partial charge in [0, 0.05) is 17.6 Å². The summed E-state index contributed by atoms with van der Waals surface area (Å²) in [6.45, 7) is 4.64. The summed E-state index contributed by atoms with van der Waals surface area (Å²) in [4.78, 5) is 20.1. The third kappa shape index (κ3) is 4.58. The summed E-state index contributed by atoms with van der Waals surface area (Å²) in [5.41, 5.74) is 0.946. The molecule has 116 valence electrons.